The zero-order valence-electron chi connectivity index (χ0n) is 8.08. The molecule has 1 N–H and O–H groups in total. The summed E-state index contributed by atoms with van der Waals surface area (Å²) < 4.78 is 1.91. The van der Waals surface area contributed by atoms with Crippen molar-refractivity contribution in [2.45, 2.75) is 26.3 Å². The molecule has 4 nitrogen and oxygen atoms in total. The summed E-state index contributed by atoms with van der Waals surface area (Å²) in [6, 6.07) is 1.96. The third-order valence-corrected chi connectivity index (χ3v) is 1.98. The molecule has 0 unspecified atom stereocenters. The van der Waals surface area contributed by atoms with Crippen LogP contribution in [-0.4, -0.2) is 22.7 Å². The molecule has 1 aromatic rings. The molecule has 0 aromatic carbocycles. The van der Waals surface area contributed by atoms with Crippen molar-refractivity contribution in [3.05, 3.63) is 18.0 Å². The predicted octanol–water partition coefficient (Wildman–Crippen LogP) is 0.718. The number of rotatable bonds is 4. The molecule has 0 aliphatic rings. The van der Waals surface area contributed by atoms with E-state index in [4.69, 9.17) is 0 Å². The van der Waals surface area contributed by atoms with Crippen molar-refractivity contribution >= 4 is 5.91 Å². The van der Waals surface area contributed by atoms with Gasteiger partial charge in [-0.05, 0) is 19.4 Å². The highest BCUT2D eigenvalue weighted by Crippen LogP contribution is 1.99. The molecule has 4 heteroatoms. The molecule has 0 radical (unpaired) electrons. The fourth-order valence-electron chi connectivity index (χ4n) is 1.15. The average Bonchev–Trinajstić information content (AvgIpc) is 2.52. The summed E-state index contributed by atoms with van der Waals surface area (Å²) in [5, 5.41) is 6.71. The Balaban J connectivity index is 2.28. The van der Waals surface area contributed by atoms with Crippen LogP contribution in [0.3, 0.4) is 0 Å². The van der Waals surface area contributed by atoms with Gasteiger partial charge < -0.3 is 5.32 Å². The molecule has 0 spiro atoms. The molecule has 0 atom stereocenters. The van der Waals surface area contributed by atoms with Gasteiger partial charge in [0.05, 0.1) is 0 Å². The van der Waals surface area contributed by atoms with Gasteiger partial charge in [0.1, 0.15) is 0 Å². The number of carbonyl (C=O) groups excluding carboxylic acids is 1. The number of amides is 1. The lowest BCUT2D eigenvalue weighted by Crippen LogP contribution is -2.18. The standard InChI is InChI=1S/C9H15N3O/c1-8-5-6-11-12(8)7-3-4-9(13)10-2/h5-6H,3-4,7H2,1-2H3,(H,10,13). The van der Waals surface area contributed by atoms with E-state index in [1.807, 2.05) is 17.7 Å². The fraction of sp³-hybridized carbons (Fsp3) is 0.556. The van der Waals surface area contributed by atoms with Gasteiger partial charge in [0.15, 0.2) is 0 Å². The quantitative estimate of drug-likeness (QED) is 0.744. The first-order chi connectivity index (χ1) is 6.24. The molecule has 0 aliphatic carbocycles. The average molecular weight is 181 g/mol. The van der Waals surface area contributed by atoms with E-state index in [1.165, 1.54) is 0 Å². The van der Waals surface area contributed by atoms with Crippen LogP contribution in [0.25, 0.3) is 0 Å². The van der Waals surface area contributed by atoms with Crippen molar-refractivity contribution in [1.29, 1.82) is 0 Å². The second-order valence-corrected chi connectivity index (χ2v) is 2.97. The van der Waals surface area contributed by atoms with Crippen LogP contribution in [-0.2, 0) is 11.3 Å². The van der Waals surface area contributed by atoms with Crippen LogP contribution in [0, 0.1) is 6.92 Å². The summed E-state index contributed by atoms with van der Waals surface area (Å²) in [7, 11) is 1.65. The van der Waals surface area contributed by atoms with Gasteiger partial charge in [-0.15, -0.1) is 0 Å². The molecule has 13 heavy (non-hydrogen) atoms. The minimum Gasteiger partial charge on any atom is -0.359 e. The maximum Gasteiger partial charge on any atom is 0.219 e. The van der Waals surface area contributed by atoms with Gasteiger partial charge in [0.25, 0.3) is 0 Å². The van der Waals surface area contributed by atoms with E-state index >= 15 is 0 Å². The summed E-state index contributed by atoms with van der Waals surface area (Å²) in [5.41, 5.74) is 1.14. The first-order valence-electron chi connectivity index (χ1n) is 4.43. The maximum atomic E-state index is 10.9. The van der Waals surface area contributed by atoms with Crippen molar-refractivity contribution in [1.82, 2.24) is 15.1 Å². The second kappa shape index (κ2) is 4.64. The number of aryl methyl sites for hydroxylation is 2. The Kier molecular flexibility index (Phi) is 3.49. The molecule has 1 heterocycles. The van der Waals surface area contributed by atoms with E-state index < -0.39 is 0 Å². The van der Waals surface area contributed by atoms with E-state index in [2.05, 4.69) is 10.4 Å². The molecule has 0 saturated carbocycles. The summed E-state index contributed by atoms with van der Waals surface area (Å²) >= 11 is 0. The largest absolute Gasteiger partial charge is 0.359 e. The molecule has 0 aliphatic heterocycles. The van der Waals surface area contributed by atoms with Crippen molar-refractivity contribution in [2.75, 3.05) is 7.05 Å². The van der Waals surface area contributed by atoms with Crippen LogP contribution >= 0.6 is 0 Å². The number of hydrogen-bond donors (Lipinski definition) is 1. The zero-order chi connectivity index (χ0) is 9.68. The Hall–Kier alpha value is -1.32. The molecule has 0 fully saturated rings. The lowest BCUT2D eigenvalue weighted by Gasteiger charge is -2.03. The third-order valence-electron chi connectivity index (χ3n) is 1.98. The Morgan fingerprint density at radius 1 is 1.69 bits per heavy atom. The zero-order valence-corrected chi connectivity index (χ0v) is 8.08. The van der Waals surface area contributed by atoms with E-state index in [0.717, 1.165) is 18.7 Å². The van der Waals surface area contributed by atoms with Crippen molar-refractivity contribution in [3.8, 4) is 0 Å². The molecule has 1 rings (SSSR count). The van der Waals surface area contributed by atoms with Crippen LogP contribution in [0.2, 0.25) is 0 Å². The predicted molar refractivity (Wildman–Crippen MR) is 50.3 cm³/mol. The number of carbonyl (C=O) groups is 1. The first kappa shape index (κ1) is 9.77. The Bertz CT molecular complexity index is 280. The molecule has 0 bridgehead atoms. The van der Waals surface area contributed by atoms with Crippen molar-refractivity contribution < 1.29 is 4.79 Å². The fourth-order valence-corrected chi connectivity index (χ4v) is 1.15. The topological polar surface area (TPSA) is 46.9 Å². The maximum absolute atomic E-state index is 10.9. The lowest BCUT2D eigenvalue weighted by molar-refractivity contribution is -0.120. The monoisotopic (exact) mass is 181 g/mol. The first-order valence-corrected chi connectivity index (χ1v) is 4.43. The lowest BCUT2D eigenvalue weighted by atomic mass is 10.3. The third kappa shape index (κ3) is 2.89. The van der Waals surface area contributed by atoms with Crippen LogP contribution in [0.4, 0.5) is 0 Å². The normalized spacial score (nSPS) is 10.0. The minimum atomic E-state index is 0.0878. The van der Waals surface area contributed by atoms with E-state index in [1.54, 1.807) is 13.2 Å². The van der Waals surface area contributed by atoms with E-state index in [-0.39, 0.29) is 5.91 Å². The SMILES string of the molecule is CNC(=O)CCCn1nccc1C. The number of aromatic nitrogens is 2. The Morgan fingerprint density at radius 2 is 2.46 bits per heavy atom. The van der Waals surface area contributed by atoms with Crippen LogP contribution in [0.1, 0.15) is 18.5 Å². The molecule has 1 aromatic heterocycles. The Morgan fingerprint density at radius 3 is 3.00 bits per heavy atom. The molecular weight excluding hydrogens is 166 g/mol. The number of nitrogens with one attached hydrogen (secondary N) is 1. The van der Waals surface area contributed by atoms with Crippen LogP contribution in [0.5, 0.6) is 0 Å². The Labute approximate surface area is 77.9 Å². The van der Waals surface area contributed by atoms with Crippen LogP contribution in [0.15, 0.2) is 12.3 Å². The highest BCUT2D eigenvalue weighted by Gasteiger charge is 1.99. The molecule has 72 valence electrons. The second-order valence-electron chi connectivity index (χ2n) is 2.97. The number of nitrogens with zero attached hydrogens (tertiary/aromatic N) is 2. The van der Waals surface area contributed by atoms with Gasteiger partial charge in [-0.1, -0.05) is 0 Å². The molecule has 1 amide bonds. The molecular formula is C9H15N3O. The highest BCUT2D eigenvalue weighted by atomic mass is 16.1. The summed E-state index contributed by atoms with van der Waals surface area (Å²) in [5.74, 6) is 0.0878. The summed E-state index contributed by atoms with van der Waals surface area (Å²) in [6.45, 7) is 2.82. The van der Waals surface area contributed by atoms with E-state index in [0.29, 0.717) is 6.42 Å². The van der Waals surface area contributed by atoms with Gasteiger partial charge >= 0.3 is 0 Å². The summed E-state index contributed by atoms with van der Waals surface area (Å²) in [4.78, 5) is 10.9. The van der Waals surface area contributed by atoms with Gasteiger partial charge in [0.2, 0.25) is 5.91 Å². The van der Waals surface area contributed by atoms with Crippen molar-refractivity contribution in [2.24, 2.45) is 0 Å². The van der Waals surface area contributed by atoms with Gasteiger partial charge in [-0.3, -0.25) is 9.48 Å². The number of hydrogen-bond acceptors (Lipinski definition) is 2. The van der Waals surface area contributed by atoms with E-state index in [9.17, 15) is 4.79 Å². The smallest absolute Gasteiger partial charge is 0.219 e. The summed E-state index contributed by atoms with van der Waals surface area (Å²) in [6.07, 6.45) is 3.17. The molecule has 0 saturated heterocycles. The van der Waals surface area contributed by atoms with Gasteiger partial charge in [0, 0.05) is 31.9 Å². The van der Waals surface area contributed by atoms with Crippen LogP contribution < -0.4 is 5.32 Å². The minimum absolute atomic E-state index is 0.0878. The highest BCUT2D eigenvalue weighted by molar-refractivity contribution is 5.75. The van der Waals surface area contributed by atoms with Gasteiger partial charge in [-0.2, -0.15) is 5.10 Å². The van der Waals surface area contributed by atoms with Gasteiger partial charge in [-0.25, -0.2) is 0 Å². The van der Waals surface area contributed by atoms with Crippen molar-refractivity contribution in [3.63, 3.8) is 0 Å².